The molecule has 0 aliphatic rings. The lowest BCUT2D eigenvalue weighted by atomic mass is 10.2. The first-order valence-corrected chi connectivity index (χ1v) is 7.01. The molecule has 0 unspecified atom stereocenters. The largest absolute Gasteiger partial charge is 0.415 e. The molecule has 24 heavy (non-hydrogen) atoms. The number of anilines is 1. The molecule has 3 rings (SSSR count). The Balaban J connectivity index is 2.00. The molecule has 0 atom stereocenters. The van der Waals surface area contributed by atoms with Crippen LogP contribution < -0.4 is 10.5 Å². The van der Waals surface area contributed by atoms with Crippen LogP contribution in [0.1, 0.15) is 9.80 Å². The molecular formula is C14H5F5N2O2S. The van der Waals surface area contributed by atoms with Gasteiger partial charge in [-0.25, -0.2) is 22.9 Å². The summed E-state index contributed by atoms with van der Waals surface area (Å²) in [5.41, 5.74) is 6.32. The molecule has 0 aliphatic carbocycles. The van der Waals surface area contributed by atoms with Crippen molar-refractivity contribution in [2.75, 3.05) is 5.73 Å². The number of ether oxygens (including phenoxy) is 1. The van der Waals surface area contributed by atoms with Crippen LogP contribution in [0.4, 0.5) is 27.6 Å². The third kappa shape index (κ3) is 2.54. The third-order valence-corrected chi connectivity index (χ3v) is 3.95. The van der Waals surface area contributed by atoms with Crippen LogP contribution in [0.15, 0.2) is 18.2 Å². The number of nitrogen functional groups attached to an aromatic ring is 1. The zero-order valence-corrected chi connectivity index (χ0v) is 12.2. The van der Waals surface area contributed by atoms with E-state index in [-0.39, 0.29) is 5.01 Å². The molecule has 124 valence electrons. The van der Waals surface area contributed by atoms with Crippen LogP contribution in [0.2, 0.25) is 0 Å². The number of rotatable bonds is 2. The number of nitrogens with two attached hydrogens (primary N) is 1. The predicted octanol–water partition coefficient (Wildman–Crippen LogP) is 3.79. The minimum absolute atomic E-state index is 0.334. The molecule has 0 bridgehead atoms. The first-order valence-electron chi connectivity index (χ1n) is 6.19. The number of benzene rings is 2. The lowest BCUT2D eigenvalue weighted by molar-refractivity contribution is 0.0716. The number of aromatic nitrogens is 1. The van der Waals surface area contributed by atoms with Gasteiger partial charge in [0.25, 0.3) is 0 Å². The van der Waals surface area contributed by atoms with Gasteiger partial charge in [0.1, 0.15) is 0 Å². The molecule has 0 spiro atoms. The highest BCUT2D eigenvalue weighted by Crippen LogP contribution is 2.31. The number of nitrogens with zero attached hydrogens (tertiary/aromatic N) is 1. The van der Waals surface area contributed by atoms with E-state index < -0.39 is 40.8 Å². The molecule has 0 aliphatic heterocycles. The van der Waals surface area contributed by atoms with Crippen molar-refractivity contribution < 1.29 is 31.5 Å². The van der Waals surface area contributed by atoms with Gasteiger partial charge >= 0.3 is 5.97 Å². The maximum Gasteiger partial charge on any atom is 0.373 e. The normalized spacial score (nSPS) is 11.0. The number of esters is 1. The highest BCUT2D eigenvalue weighted by atomic mass is 32.1. The van der Waals surface area contributed by atoms with Gasteiger partial charge in [0.2, 0.25) is 39.8 Å². The minimum Gasteiger partial charge on any atom is -0.415 e. The number of halogens is 5. The van der Waals surface area contributed by atoms with Crippen LogP contribution in [-0.4, -0.2) is 11.0 Å². The number of thiazole rings is 1. The Morgan fingerprint density at radius 1 is 1.00 bits per heavy atom. The number of fused-ring (bicyclic) bond motifs is 1. The fourth-order valence-electron chi connectivity index (χ4n) is 1.84. The Hall–Kier alpha value is -2.75. The Bertz CT molecular complexity index is 960. The first kappa shape index (κ1) is 16.1. The molecule has 0 radical (unpaired) electrons. The summed E-state index contributed by atoms with van der Waals surface area (Å²) in [6, 6.07) is 4.51. The molecule has 1 aromatic heterocycles. The SMILES string of the molecule is Nc1ccc2nc(C(=O)Oc3c(F)c(F)c(F)c(F)c3F)sc2c1. The Labute approximate surface area is 134 Å². The van der Waals surface area contributed by atoms with Gasteiger partial charge in [-0.1, -0.05) is 0 Å². The van der Waals surface area contributed by atoms with E-state index in [1.54, 1.807) is 0 Å². The number of hydrogen-bond acceptors (Lipinski definition) is 5. The second kappa shape index (κ2) is 5.71. The van der Waals surface area contributed by atoms with Crippen molar-refractivity contribution in [3.8, 4) is 5.75 Å². The molecule has 1 heterocycles. The van der Waals surface area contributed by atoms with E-state index in [1.807, 2.05) is 0 Å². The smallest absolute Gasteiger partial charge is 0.373 e. The molecule has 0 saturated carbocycles. The van der Waals surface area contributed by atoms with Crippen LogP contribution >= 0.6 is 11.3 Å². The van der Waals surface area contributed by atoms with Gasteiger partial charge in [-0.3, -0.25) is 0 Å². The van der Waals surface area contributed by atoms with Crippen molar-refractivity contribution in [1.82, 2.24) is 4.98 Å². The Morgan fingerprint density at radius 3 is 2.21 bits per heavy atom. The van der Waals surface area contributed by atoms with E-state index in [0.29, 0.717) is 15.9 Å². The van der Waals surface area contributed by atoms with Gasteiger partial charge in [0.15, 0.2) is 0 Å². The standard InChI is InChI=1S/C14H5F5N2O2S/c15-7-8(16)10(18)12(11(19)9(7)17)23-14(22)13-21-5-2-1-4(20)3-6(5)24-13/h1-3H,20H2. The highest BCUT2D eigenvalue weighted by Gasteiger charge is 2.29. The summed E-state index contributed by atoms with van der Waals surface area (Å²) < 4.78 is 70.9. The molecule has 3 aromatic rings. The number of carbonyl (C=O) groups excluding carboxylic acids is 1. The van der Waals surface area contributed by atoms with Crippen molar-refractivity contribution in [2.24, 2.45) is 0 Å². The van der Waals surface area contributed by atoms with Gasteiger partial charge in [-0.05, 0) is 18.2 Å². The lowest BCUT2D eigenvalue weighted by Gasteiger charge is -2.07. The molecule has 0 fully saturated rings. The van der Waals surface area contributed by atoms with Crippen molar-refractivity contribution in [3.05, 3.63) is 52.3 Å². The van der Waals surface area contributed by atoms with Crippen molar-refractivity contribution >= 4 is 33.2 Å². The maximum atomic E-state index is 13.5. The second-order valence-corrected chi connectivity index (χ2v) is 5.57. The maximum absolute atomic E-state index is 13.5. The van der Waals surface area contributed by atoms with E-state index in [2.05, 4.69) is 9.72 Å². The van der Waals surface area contributed by atoms with Crippen molar-refractivity contribution in [2.45, 2.75) is 0 Å². The number of hydrogen-bond donors (Lipinski definition) is 1. The fourth-order valence-corrected chi connectivity index (χ4v) is 2.73. The van der Waals surface area contributed by atoms with E-state index in [9.17, 15) is 26.7 Å². The van der Waals surface area contributed by atoms with Crippen LogP contribution in [0, 0.1) is 29.1 Å². The van der Waals surface area contributed by atoms with Crippen molar-refractivity contribution in [3.63, 3.8) is 0 Å². The third-order valence-electron chi connectivity index (χ3n) is 2.95. The summed E-state index contributed by atoms with van der Waals surface area (Å²) in [5.74, 6) is -14.3. The summed E-state index contributed by atoms with van der Waals surface area (Å²) in [5, 5.41) is -0.334. The molecule has 2 N–H and O–H groups in total. The van der Waals surface area contributed by atoms with Gasteiger partial charge in [0.05, 0.1) is 10.2 Å². The molecule has 4 nitrogen and oxygen atoms in total. The average Bonchev–Trinajstić information content (AvgIpc) is 2.98. The van der Waals surface area contributed by atoms with Gasteiger partial charge in [-0.15, -0.1) is 11.3 Å². The van der Waals surface area contributed by atoms with E-state index >= 15 is 0 Å². The topological polar surface area (TPSA) is 65.2 Å². The van der Waals surface area contributed by atoms with Gasteiger partial charge in [-0.2, -0.15) is 8.78 Å². The van der Waals surface area contributed by atoms with Gasteiger partial charge < -0.3 is 10.5 Å². The first-order chi connectivity index (χ1) is 11.3. The van der Waals surface area contributed by atoms with E-state index in [4.69, 9.17) is 5.73 Å². The highest BCUT2D eigenvalue weighted by molar-refractivity contribution is 7.20. The van der Waals surface area contributed by atoms with E-state index in [1.165, 1.54) is 18.2 Å². The zero-order valence-electron chi connectivity index (χ0n) is 11.4. The van der Waals surface area contributed by atoms with Crippen molar-refractivity contribution in [1.29, 1.82) is 0 Å². The predicted molar refractivity (Wildman–Crippen MR) is 75.2 cm³/mol. The summed E-state index contributed by atoms with van der Waals surface area (Å²) in [7, 11) is 0. The molecule has 0 amide bonds. The summed E-state index contributed by atoms with van der Waals surface area (Å²) >= 11 is 0.790. The molecular weight excluding hydrogens is 355 g/mol. The molecule has 2 aromatic carbocycles. The lowest BCUT2D eigenvalue weighted by Crippen LogP contribution is -2.13. The number of carbonyl (C=O) groups is 1. The Morgan fingerprint density at radius 2 is 1.58 bits per heavy atom. The monoisotopic (exact) mass is 360 g/mol. The average molecular weight is 360 g/mol. The summed E-state index contributed by atoms with van der Waals surface area (Å²) in [4.78, 5) is 15.8. The minimum atomic E-state index is -2.35. The van der Waals surface area contributed by atoms with E-state index in [0.717, 1.165) is 11.3 Å². The van der Waals surface area contributed by atoms with Crippen LogP contribution in [-0.2, 0) is 0 Å². The van der Waals surface area contributed by atoms with Crippen LogP contribution in [0.5, 0.6) is 5.75 Å². The Kier molecular flexibility index (Phi) is 3.84. The molecule has 0 saturated heterocycles. The molecule has 10 heteroatoms. The summed E-state index contributed by atoms with van der Waals surface area (Å²) in [6.07, 6.45) is 0. The second-order valence-electron chi connectivity index (χ2n) is 4.53. The quantitative estimate of drug-likeness (QED) is 0.189. The van der Waals surface area contributed by atoms with Gasteiger partial charge in [0, 0.05) is 5.69 Å². The van der Waals surface area contributed by atoms with Crippen LogP contribution in [0.3, 0.4) is 0 Å². The fraction of sp³-hybridized carbons (Fsp3) is 0. The zero-order chi connectivity index (χ0) is 17.6. The summed E-state index contributed by atoms with van der Waals surface area (Å²) in [6.45, 7) is 0. The van der Waals surface area contributed by atoms with Crippen LogP contribution in [0.25, 0.3) is 10.2 Å².